The molecule has 12 heavy (non-hydrogen) atoms. The minimum atomic E-state index is -0.125. The lowest BCUT2D eigenvalue weighted by Crippen LogP contribution is -2.27. The quantitative estimate of drug-likeness (QED) is 0.374. The molecule has 0 rings (SSSR count). The van der Waals surface area contributed by atoms with Crippen molar-refractivity contribution >= 4 is 18.0 Å². The first-order valence-electron chi connectivity index (χ1n) is 3.53. The molecule has 0 bridgehead atoms. The minimum absolute atomic E-state index is 0.125. The number of carbonyl (C=O) groups is 1. The maximum Gasteiger partial charge on any atom is 0.227 e. The zero-order valence-corrected chi connectivity index (χ0v) is 7.50. The van der Waals surface area contributed by atoms with E-state index in [2.05, 4.69) is 15.5 Å². The van der Waals surface area contributed by atoms with Crippen LogP contribution < -0.4 is 5.32 Å². The molecule has 0 aromatic heterocycles. The van der Waals surface area contributed by atoms with Gasteiger partial charge in [-0.1, -0.05) is 0 Å². The second-order valence-electron chi connectivity index (χ2n) is 1.98. The summed E-state index contributed by atoms with van der Waals surface area (Å²) in [5, 5.41) is 9.83. The molecule has 0 heterocycles. The number of hydrogen-bond acceptors (Lipinski definition) is 4. The summed E-state index contributed by atoms with van der Waals surface area (Å²) in [4.78, 5) is 10.5. The Morgan fingerprint density at radius 2 is 2.33 bits per heavy atom. The molecule has 0 aliphatic heterocycles. The van der Waals surface area contributed by atoms with E-state index in [1.54, 1.807) is 6.92 Å². The average Bonchev–Trinajstić information content (AvgIpc) is 2.05. The molecule has 5 heteroatoms. The number of methoxy groups -OCH3 is 1. The van der Waals surface area contributed by atoms with Crippen LogP contribution in [0, 0.1) is 0 Å². The molecule has 0 saturated carbocycles. The standard InChI is InChI=1S/C7H13N3O2/c1-4-9-10-7(12-3)5-8-6(2)11/h4H,5H2,1-3H3,(H,8,11)/b9-4+,10-7-. The normalized spacial score (nSPS) is 11.8. The van der Waals surface area contributed by atoms with E-state index in [1.165, 1.54) is 20.2 Å². The highest BCUT2D eigenvalue weighted by atomic mass is 16.5. The molecular weight excluding hydrogens is 158 g/mol. The fourth-order valence-corrected chi connectivity index (χ4v) is 0.471. The highest BCUT2D eigenvalue weighted by molar-refractivity contribution is 5.83. The summed E-state index contributed by atoms with van der Waals surface area (Å²) in [6.07, 6.45) is 1.53. The lowest BCUT2D eigenvalue weighted by Gasteiger charge is -2.02. The molecule has 0 aromatic carbocycles. The lowest BCUT2D eigenvalue weighted by molar-refractivity contribution is -0.118. The van der Waals surface area contributed by atoms with Crippen LogP contribution in [0.25, 0.3) is 0 Å². The van der Waals surface area contributed by atoms with Crippen LogP contribution in [0.1, 0.15) is 13.8 Å². The average molecular weight is 171 g/mol. The SMILES string of the molecule is C/C=N/N=C(/CNC(C)=O)OC. The predicted octanol–water partition coefficient (Wildman–Crippen LogP) is 0.173. The first-order valence-corrected chi connectivity index (χ1v) is 3.53. The Bertz CT molecular complexity index is 199. The highest BCUT2D eigenvalue weighted by Crippen LogP contribution is 1.80. The van der Waals surface area contributed by atoms with Crippen LogP contribution in [0.4, 0.5) is 0 Å². The van der Waals surface area contributed by atoms with Crippen LogP contribution in [-0.4, -0.2) is 31.7 Å². The van der Waals surface area contributed by atoms with Crippen molar-refractivity contribution in [3.63, 3.8) is 0 Å². The maximum atomic E-state index is 10.5. The first kappa shape index (κ1) is 10.6. The fraction of sp³-hybridized carbons (Fsp3) is 0.571. The number of rotatable bonds is 3. The molecule has 0 spiro atoms. The Kier molecular flexibility index (Phi) is 5.60. The second-order valence-corrected chi connectivity index (χ2v) is 1.98. The van der Waals surface area contributed by atoms with Crippen molar-refractivity contribution in [1.29, 1.82) is 0 Å². The Balaban J connectivity index is 3.90. The van der Waals surface area contributed by atoms with E-state index in [-0.39, 0.29) is 12.5 Å². The largest absolute Gasteiger partial charge is 0.482 e. The zero-order chi connectivity index (χ0) is 9.40. The van der Waals surface area contributed by atoms with E-state index in [0.29, 0.717) is 5.90 Å². The highest BCUT2D eigenvalue weighted by Gasteiger charge is 1.97. The molecule has 0 atom stereocenters. The Morgan fingerprint density at radius 3 is 2.75 bits per heavy atom. The van der Waals surface area contributed by atoms with Crippen LogP contribution in [0.5, 0.6) is 0 Å². The van der Waals surface area contributed by atoms with Gasteiger partial charge >= 0.3 is 0 Å². The third-order valence-corrected chi connectivity index (χ3v) is 1.01. The van der Waals surface area contributed by atoms with Crippen LogP contribution in [0.2, 0.25) is 0 Å². The number of carbonyl (C=O) groups excluding carboxylic acids is 1. The first-order chi connectivity index (χ1) is 5.70. The summed E-state index contributed by atoms with van der Waals surface area (Å²) in [5.74, 6) is 0.253. The summed E-state index contributed by atoms with van der Waals surface area (Å²) in [7, 11) is 1.48. The van der Waals surface area contributed by atoms with Crippen LogP contribution in [0.3, 0.4) is 0 Å². The minimum Gasteiger partial charge on any atom is -0.482 e. The van der Waals surface area contributed by atoms with Gasteiger partial charge in [-0.3, -0.25) is 4.79 Å². The van der Waals surface area contributed by atoms with Gasteiger partial charge in [0.1, 0.15) is 0 Å². The van der Waals surface area contributed by atoms with Crippen molar-refractivity contribution in [2.45, 2.75) is 13.8 Å². The van der Waals surface area contributed by atoms with E-state index in [1.807, 2.05) is 0 Å². The summed E-state index contributed by atoms with van der Waals surface area (Å²) in [5.41, 5.74) is 0. The van der Waals surface area contributed by atoms with E-state index in [4.69, 9.17) is 4.74 Å². The Morgan fingerprint density at radius 1 is 1.67 bits per heavy atom. The molecule has 5 nitrogen and oxygen atoms in total. The summed E-state index contributed by atoms with van der Waals surface area (Å²) >= 11 is 0. The smallest absolute Gasteiger partial charge is 0.227 e. The van der Waals surface area contributed by atoms with E-state index in [0.717, 1.165) is 0 Å². The molecule has 1 amide bonds. The number of hydrogen-bond donors (Lipinski definition) is 1. The Labute approximate surface area is 71.5 Å². The van der Waals surface area contributed by atoms with Gasteiger partial charge in [0.05, 0.1) is 13.7 Å². The molecule has 0 fully saturated rings. The molecule has 0 aliphatic carbocycles. The van der Waals surface area contributed by atoms with Gasteiger partial charge < -0.3 is 10.1 Å². The summed E-state index contributed by atoms with van der Waals surface area (Å²) < 4.78 is 4.82. The van der Waals surface area contributed by atoms with Gasteiger partial charge in [0.2, 0.25) is 11.8 Å². The molecule has 0 aliphatic rings. The van der Waals surface area contributed by atoms with Crippen molar-refractivity contribution in [1.82, 2.24) is 5.32 Å². The molecule has 0 unspecified atom stereocenters. The summed E-state index contributed by atoms with van der Waals surface area (Å²) in [6.45, 7) is 3.44. The van der Waals surface area contributed by atoms with Gasteiger partial charge in [-0.25, -0.2) is 0 Å². The van der Waals surface area contributed by atoms with Gasteiger partial charge in [-0.15, -0.1) is 5.10 Å². The van der Waals surface area contributed by atoms with Crippen molar-refractivity contribution < 1.29 is 9.53 Å². The Hall–Kier alpha value is -1.39. The van der Waals surface area contributed by atoms with Gasteiger partial charge in [0.15, 0.2) is 0 Å². The third-order valence-electron chi connectivity index (χ3n) is 1.01. The third kappa shape index (κ3) is 5.40. The van der Waals surface area contributed by atoms with Crippen molar-refractivity contribution in [2.75, 3.05) is 13.7 Å². The van der Waals surface area contributed by atoms with Gasteiger partial charge in [0, 0.05) is 13.1 Å². The van der Waals surface area contributed by atoms with Crippen LogP contribution >= 0.6 is 0 Å². The van der Waals surface area contributed by atoms with E-state index >= 15 is 0 Å². The topological polar surface area (TPSA) is 63.0 Å². The molecule has 0 aromatic rings. The monoisotopic (exact) mass is 171 g/mol. The van der Waals surface area contributed by atoms with Crippen molar-refractivity contribution in [2.24, 2.45) is 10.2 Å². The molecule has 1 N–H and O–H groups in total. The number of nitrogens with zero attached hydrogens (tertiary/aromatic N) is 2. The molecule has 0 radical (unpaired) electrons. The lowest BCUT2D eigenvalue weighted by atomic mass is 10.6. The molecular formula is C7H13N3O2. The fourth-order valence-electron chi connectivity index (χ4n) is 0.471. The van der Waals surface area contributed by atoms with Crippen molar-refractivity contribution in [3.05, 3.63) is 0 Å². The second kappa shape index (κ2) is 6.33. The molecule has 68 valence electrons. The van der Waals surface area contributed by atoms with Gasteiger partial charge in [-0.05, 0) is 6.92 Å². The van der Waals surface area contributed by atoms with Gasteiger partial charge in [-0.2, -0.15) is 5.10 Å². The molecule has 0 saturated heterocycles. The van der Waals surface area contributed by atoms with Crippen LogP contribution in [0.15, 0.2) is 10.2 Å². The van der Waals surface area contributed by atoms with E-state index < -0.39 is 0 Å². The van der Waals surface area contributed by atoms with Crippen molar-refractivity contribution in [3.8, 4) is 0 Å². The maximum absolute atomic E-state index is 10.5. The number of nitrogens with one attached hydrogen (secondary N) is 1. The van der Waals surface area contributed by atoms with E-state index in [9.17, 15) is 4.79 Å². The summed E-state index contributed by atoms with van der Waals surface area (Å²) in [6, 6.07) is 0. The van der Waals surface area contributed by atoms with Crippen LogP contribution in [-0.2, 0) is 9.53 Å². The number of amides is 1. The van der Waals surface area contributed by atoms with Gasteiger partial charge in [0.25, 0.3) is 0 Å². The predicted molar refractivity (Wildman–Crippen MR) is 47.3 cm³/mol. The number of ether oxygens (including phenoxy) is 1. The zero-order valence-electron chi connectivity index (χ0n) is 7.50.